The summed E-state index contributed by atoms with van der Waals surface area (Å²) in [5, 5.41) is 12.4. The van der Waals surface area contributed by atoms with Crippen LogP contribution in [-0.4, -0.2) is 21.1 Å². The Hall–Kier alpha value is -2.74. The zero-order valence-electron chi connectivity index (χ0n) is 15.6. The standard InChI is InChI=1S/C21H16Cl2N4O2S/c22-16-8-4-7-14(19(16)23)11-15-12-24-21(30-15)25-17(28)9-10-18-26-27-20(29-18)13-5-2-1-3-6-13/h1-8,12H,9-11H2,(H,24,25,28). The maximum Gasteiger partial charge on any atom is 0.247 e. The number of carbonyl (C=O) groups is 1. The van der Waals surface area contributed by atoms with Crippen molar-refractivity contribution in [1.29, 1.82) is 0 Å². The molecule has 6 nitrogen and oxygen atoms in total. The second-order valence-corrected chi connectivity index (χ2v) is 8.34. The second kappa shape index (κ2) is 9.38. The minimum absolute atomic E-state index is 0.170. The Kier molecular flexibility index (Phi) is 6.42. The molecule has 0 aliphatic heterocycles. The van der Waals surface area contributed by atoms with Gasteiger partial charge in [0.15, 0.2) is 5.13 Å². The van der Waals surface area contributed by atoms with Crippen LogP contribution in [0.4, 0.5) is 5.13 Å². The topological polar surface area (TPSA) is 80.9 Å². The van der Waals surface area contributed by atoms with Gasteiger partial charge in [-0.25, -0.2) is 4.98 Å². The van der Waals surface area contributed by atoms with Gasteiger partial charge in [0.05, 0.1) is 10.0 Å². The zero-order valence-corrected chi connectivity index (χ0v) is 18.0. The van der Waals surface area contributed by atoms with E-state index in [9.17, 15) is 4.79 Å². The summed E-state index contributed by atoms with van der Waals surface area (Å²) >= 11 is 13.7. The molecule has 2 aromatic carbocycles. The Bertz CT molecular complexity index is 1160. The number of thiazole rings is 1. The van der Waals surface area contributed by atoms with Crippen molar-refractivity contribution < 1.29 is 9.21 Å². The summed E-state index contributed by atoms with van der Waals surface area (Å²) in [5.74, 6) is 0.686. The number of hydrogen-bond donors (Lipinski definition) is 1. The number of nitrogens with one attached hydrogen (secondary N) is 1. The molecule has 4 rings (SSSR count). The van der Waals surface area contributed by atoms with Gasteiger partial charge in [-0.15, -0.1) is 21.5 Å². The Morgan fingerprint density at radius 2 is 1.90 bits per heavy atom. The van der Waals surface area contributed by atoms with Crippen molar-refractivity contribution in [3.63, 3.8) is 0 Å². The van der Waals surface area contributed by atoms with Crippen molar-refractivity contribution >= 4 is 45.6 Å². The molecule has 0 saturated carbocycles. The monoisotopic (exact) mass is 458 g/mol. The molecule has 4 aromatic rings. The van der Waals surface area contributed by atoms with Crippen LogP contribution in [-0.2, 0) is 17.6 Å². The quantitative estimate of drug-likeness (QED) is 0.386. The number of rotatable bonds is 7. The molecule has 0 aliphatic carbocycles. The normalized spacial score (nSPS) is 10.9. The lowest BCUT2D eigenvalue weighted by atomic mass is 10.1. The second-order valence-electron chi connectivity index (χ2n) is 6.44. The van der Waals surface area contributed by atoms with Gasteiger partial charge in [-0.2, -0.15) is 0 Å². The van der Waals surface area contributed by atoms with E-state index >= 15 is 0 Å². The number of amides is 1. The summed E-state index contributed by atoms with van der Waals surface area (Å²) < 4.78 is 5.62. The first-order chi connectivity index (χ1) is 14.6. The van der Waals surface area contributed by atoms with Crippen LogP contribution in [0.2, 0.25) is 10.0 Å². The first-order valence-corrected chi connectivity index (χ1v) is 10.7. The molecule has 2 heterocycles. The molecule has 0 unspecified atom stereocenters. The number of aryl methyl sites for hydroxylation is 1. The van der Waals surface area contributed by atoms with Gasteiger partial charge < -0.3 is 9.73 Å². The summed E-state index contributed by atoms with van der Waals surface area (Å²) in [4.78, 5) is 17.5. The fourth-order valence-corrected chi connectivity index (χ4v) is 4.01. The van der Waals surface area contributed by atoms with Crippen molar-refractivity contribution in [1.82, 2.24) is 15.2 Å². The highest BCUT2D eigenvalue weighted by Crippen LogP contribution is 2.29. The van der Waals surface area contributed by atoms with Crippen molar-refractivity contribution in [3.8, 4) is 11.5 Å². The van der Waals surface area contributed by atoms with Crippen LogP contribution in [0.3, 0.4) is 0 Å². The van der Waals surface area contributed by atoms with Crippen molar-refractivity contribution in [2.75, 3.05) is 5.32 Å². The van der Waals surface area contributed by atoms with E-state index in [0.29, 0.717) is 39.8 Å². The highest BCUT2D eigenvalue weighted by atomic mass is 35.5. The zero-order chi connectivity index (χ0) is 20.9. The molecule has 0 radical (unpaired) electrons. The van der Waals surface area contributed by atoms with Crippen molar-refractivity contribution in [2.24, 2.45) is 0 Å². The molecule has 0 spiro atoms. The van der Waals surface area contributed by atoms with E-state index < -0.39 is 0 Å². The predicted molar refractivity (Wildman–Crippen MR) is 118 cm³/mol. The number of hydrogen-bond acceptors (Lipinski definition) is 6. The van der Waals surface area contributed by atoms with Crippen LogP contribution in [0.15, 0.2) is 59.1 Å². The van der Waals surface area contributed by atoms with Crippen LogP contribution in [0.5, 0.6) is 0 Å². The summed E-state index contributed by atoms with van der Waals surface area (Å²) in [7, 11) is 0. The van der Waals surface area contributed by atoms with Gasteiger partial charge in [-0.3, -0.25) is 4.79 Å². The lowest BCUT2D eigenvalue weighted by Crippen LogP contribution is -2.12. The number of nitrogens with zero attached hydrogens (tertiary/aromatic N) is 3. The predicted octanol–water partition coefficient (Wildman–Crippen LogP) is 5.66. The largest absolute Gasteiger partial charge is 0.421 e. The summed E-state index contributed by atoms with van der Waals surface area (Å²) in [5.41, 5.74) is 1.76. The number of anilines is 1. The van der Waals surface area contributed by atoms with Crippen molar-refractivity contribution in [3.05, 3.63) is 81.1 Å². The Labute approximate surface area is 186 Å². The number of carbonyl (C=O) groups excluding carboxylic acids is 1. The highest BCUT2D eigenvalue weighted by Gasteiger charge is 2.13. The summed E-state index contributed by atoms with van der Waals surface area (Å²) in [6.45, 7) is 0. The fourth-order valence-electron chi connectivity index (χ4n) is 2.77. The van der Waals surface area contributed by atoms with Gasteiger partial charge in [0.1, 0.15) is 0 Å². The molecule has 0 aliphatic rings. The van der Waals surface area contributed by atoms with Crippen LogP contribution in [0.1, 0.15) is 22.8 Å². The van der Waals surface area contributed by atoms with Crippen LogP contribution in [0, 0.1) is 0 Å². The molecule has 2 aromatic heterocycles. The lowest BCUT2D eigenvalue weighted by molar-refractivity contribution is -0.116. The van der Waals surface area contributed by atoms with Gasteiger partial charge in [0.25, 0.3) is 0 Å². The minimum atomic E-state index is -0.170. The number of halogens is 2. The molecule has 9 heteroatoms. The third kappa shape index (κ3) is 5.05. The van der Waals surface area contributed by atoms with Crippen LogP contribution in [0.25, 0.3) is 11.5 Å². The van der Waals surface area contributed by atoms with Gasteiger partial charge in [0, 0.05) is 35.9 Å². The van der Waals surface area contributed by atoms with E-state index in [0.717, 1.165) is 16.0 Å². The fraction of sp³-hybridized carbons (Fsp3) is 0.143. The molecular weight excluding hydrogens is 443 g/mol. The van der Waals surface area contributed by atoms with E-state index in [1.54, 1.807) is 12.3 Å². The maximum atomic E-state index is 12.3. The first kappa shape index (κ1) is 20.5. The van der Waals surface area contributed by atoms with Gasteiger partial charge in [-0.1, -0.05) is 53.5 Å². The summed E-state index contributed by atoms with van der Waals surface area (Å²) in [6, 6.07) is 15.0. The molecule has 0 fully saturated rings. The first-order valence-electron chi connectivity index (χ1n) is 9.14. The third-order valence-corrected chi connectivity index (χ3v) is 6.02. The van der Waals surface area contributed by atoms with Gasteiger partial charge >= 0.3 is 0 Å². The Morgan fingerprint density at radius 1 is 1.07 bits per heavy atom. The van der Waals surface area contributed by atoms with Crippen LogP contribution >= 0.6 is 34.5 Å². The third-order valence-electron chi connectivity index (χ3n) is 4.25. The average molecular weight is 459 g/mol. The number of aromatic nitrogens is 3. The smallest absolute Gasteiger partial charge is 0.247 e. The number of benzene rings is 2. The SMILES string of the molecule is O=C(CCc1nnc(-c2ccccc2)o1)Nc1ncc(Cc2cccc(Cl)c2Cl)s1. The molecule has 0 bridgehead atoms. The molecule has 1 amide bonds. The maximum absolute atomic E-state index is 12.3. The molecule has 0 atom stereocenters. The Morgan fingerprint density at radius 3 is 2.73 bits per heavy atom. The van der Waals surface area contributed by atoms with E-state index in [1.165, 1.54) is 11.3 Å². The molecule has 152 valence electrons. The van der Waals surface area contributed by atoms with E-state index in [4.69, 9.17) is 27.6 Å². The average Bonchev–Trinajstić information content (AvgIpc) is 3.40. The van der Waals surface area contributed by atoms with Gasteiger partial charge in [0.2, 0.25) is 17.7 Å². The van der Waals surface area contributed by atoms with E-state index in [2.05, 4.69) is 20.5 Å². The van der Waals surface area contributed by atoms with Crippen LogP contribution < -0.4 is 5.32 Å². The highest BCUT2D eigenvalue weighted by molar-refractivity contribution is 7.15. The van der Waals surface area contributed by atoms with Crippen molar-refractivity contribution in [2.45, 2.75) is 19.3 Å². The summed E-state index contributed by atoms with van der Waals surface area (Å²) in [6.07, 6.45) is 2.88. The van der Waals surface area contributed by atoms with E-state index in [-0.39, 0.29) is 12.3 Å². The van der Waals surface area contributed by atoms with Gasteiger partial charge in [-0.05, 0) is 23.8 Å². The molecule has 0 saturated heterocycles. The lowest BCUT2D eigenvalue weighted by Gasteiger charge is -2.03. The molecule has 1 N–H and O–H groups in total. The van der Waals surface area contributed by atoms with E-state index in [1.807, 2.05) is 42.5 Å². The molecular formula is C21H16Cl2N4O2S. The molecule has 30 heavy (non-hydrogen) atoms. The minimum Gasteiger partial charge on any atom is -0.421 e. The Balaban J connectivity index is 1.31.